The second-order valence-electron chi connectivity index (χ2n) is 8.99. The molecule has 0 spiro atoms. The summed E-state index contributed by atoms with van der Waals surface area (Å²) in [5, 5.41) is 11.0. The van der Waals surface area contributed by atoms with Crippen molar-refractivity contribution in [3.05, 3.63) is 0 Å². The lowest BCUT2D eigenvalue weighted by atomic mass is 9.99. The van der Waals surface area contributed by atoms with E-state index in [9.17, 15) is 5.11 Å². The minimum atomic E-state index is -1.33. The van der Waals surface area contributed by atoms with Gasteiger partial charge in [0.15, 0.2) is 0 Å². The van der Waals surface area contributed by atoms with E-state index in [0.717, 1.165) is 11.1 Å². The predicted octanol–water partition coefficient (Wildman–Crippen LogP) is 6.28. The number of aliphatic hydroxyl groups excluding tert-OH is 1. The molecule has 1 nitrogen and oxygen atoms in total. The summed E-state index contributed by atoms with van der Waals surface area (Å²) >= 11 is 0. The highest BCUT2D eigenvalue weighted by Crippen LogP contribution is 2.51. The van der Waals surface area contributed by atoms with Crippen molar-refractivity contribution in [1.82, 2.24) is 0 Å². The molecule has 3 fully saturated rings. The zero-order valence-corrected chi connectivity index (χ0v) is 15.9. The van der Waals surface area contributed by atoms with E-state index in [0.29, 0.717) is 5.92 Å². The monoisotopic (exact) mass is 322 g/mol. The number of hydrogen-bond acceptors (Lipinski definition) is 1. The standard InChI is InChI=1S/C20H38OSi/c1-22(18-12-4-2-5-13-18,19-14-6-3-7-15-19)16-20(21)17-10-8-9-11-17/h17-21H,2-16H2,1H3/t20-/m1/s1. The van der Waals surface area contributed by atoms with Crippen molar-refractivity contribution in [2.24, 2.45) is 5.92 Å². The van der Waals surface area contributed by atoms with E-state index < -0.39 is 8.07 Å². The van der Waals surface area contributed by atoms with E-state index in [2.05, 4.69) is 6.55 Å². The van der Waals surface area contributed by atoms with Crippen LogP contribution >= 0.6 is 0 Å². The quantitative estimate of drug-likeness (QED) is 0.590. The van der Waals surface area contributed by atoms with Crippen LogP contribution in [0.25, 0.3) is 0 Å². The van der Waals surface area contributed by atoms with E-state index >= 15 is 0 Å². The summed E-state index contributed by atoms with van der Waals surface area (Å²) < 4.78 is 0. The van der Waals surface area contributed by atoms with Gasteiger partial charge in [-0.1, -0.05) is 83.6 Å². The predicted molar refractivity (Wildman–Crippen MR) is 98.1 cm³/mol. The summed E-state index contributed by atoms with van der Waals surface area (Å²) in [6.07, 6.45) is 20.2. The minimum Gasteiger partial charge on any atom is -0.393 e. The molecule has 0 aliphatic heterocycles. The smallest absolute Gasteiger partial charge is 0.0592 e. The van der Waals surface area contributed by atoms with Crippen LogP contribution in [0.15, 0.2) is 0 Å². The van der Waals surface area contributed by atoms with Crippen molar-refractivity contribution in [3.63, 3.8) is 0 Å². The third-order valence-electron chi connectivity index (χ3n) is 7.67. The summed E-state index contributed by atoms with van der Waals surface area (Å²) in [5.74, 6) is 0.652. The largest absolute Gasteiger partial charge is 0.393 e. The van der Waals surface area contributed by atoms with Gasteiger partial charge in [0.05, 0.1) is 14.2 Å². The average molecular weight is 323 g/mol. The van der Waals surface area contributed by atoms with Crippen molar-refractivity contribution in [3.8, 4) is 0 Å². The lowest BCUT2D eigenvalue weighted by Crippen LogP contribution is -2.46. The Kier molecular flexibility index (Phi) is 6.06. The molecule has 0 amide bonds. The lowest BCUT2D eigenvalue weighted by Gasteiger charge is -2.47. The molecule has 1 atom stereocenters. The van der Waals surface area contributed by atoms with Crippen molar-refractivity contribution in [2.45, 2.75) is 120 Å². The molecule has 2 heteroatoms. The van der Waals surface area contributed by atoms with Crippen LogP contribution in [0.1, 0.15) is 89.9 Å². The molecule has 0 aromatic carbocycles. The van der Waals surface area contributed by atoms with Gasteiger partial charge in [-0.25, -0.2) is 0 Å². The first-order valence-electron chi connectivity index (χ1n) is 10.4. The van der Waals surface area contributed by atoms with E-state index in [1.807, 2.05) is 0 Å². The second kappa shape index (κ2) is 7.83. The van der Waals surface area contributed by atoms with Gasteiger partial charge >= 0.3 is 0 Å². The summed E-state index contributed by atoms with van der Waals surface area (Å²) in [6.45, 7) is 2.72. The van der Waals surface area contributed by atoms with Crippen LogP contribution in [-0.2, 0) is 0 Å². The number of rotatable bonds is 5. The molecule has 128 valence electrons. The van der Waals surface area contributed by atoms with Crippen molar-refractivity contribution in [1.29, 1.82) is 0 Å². The summed E-state index contributed by atoms with van der Waals surface area (Å²) in [7, 11) is -1.33. The Bertz CT molecular complexity index is 307. The molecule has 0 saturated heterocycles. The molecule has 3 aliphatic rings. The minimum absolute atomic E-state index is 0.0445. The Balaban J connectivity index is 1.71. The van der Waals surface area contributed by atoms with Crippen LogP contribution in [-0.4, -0.2) is 19.3 Å². The fraction of sp³-hybridized carbons (Fsp3) is 1.00. The maximum Gasteiger partial charge on any atom is 0.0592 e. The molecule has 3 aliphatic carbocycles. The third-order valence-corrected chi connectivity index (χ3v) is 13.9. The molecule has 0 aromatic rings. The molecular formula is C20H38OSi. The van der Waals surface area contributed by atoms with E-state index in [1.165, 1.54) is 95.9 Å². The Hall–Kier alpha value is 0.177. The fourth-order valence-electron chi connectivity index (χ4n) is 6.15. The van der Waals surface area contributed by atoms with E-state index in [4.69, 9.17) is 0 Å². The molecule has 0 heterocycles. The van der Waals surface area contributed by atoms with E-state index in [1.54, 1.807) is 0 Å². The number of hydrogen-bond donors (Lipinski definition) is 1. The normalized spacial score (nSPS) is 28.1. The van der Waals surface area contributed by atoms with Gasteiger partial charge in [0.2, 0.25) is 0 Å². The molecule has 0 radical (unpaired) electrons. The maximum atomic E-state index is 11.0. The second-order valence-corrected chi connectivity index (χ2v) is 14.0. The molecule has 22 heavy (non-hydrogen) atoms. The van der Waals surface area contributed by atoms with Crippen LogP contribution in [0, 0.1) is 5.92 Å². The molecule has 0 unspecified atom stereocenters. The van der Waals surface area contributed by atoms with Crippen molar-refractivity contribution in [2.75, 3.05) is 0 Å². The van der Waals surface area contributed by atoms with Crippen LogP contribution in [0.3, 0.4) is 0 Å². The summed E-state index contributed by atoms with van der Waals surface area (Å²) in [5.41, 5.74) is 2.06. The molecular weight excluding hydrogens is 284 g/mol. The van der Waals surface area contributed by atoms with Gasteiger partial charge in [-0.2, -0.15) is 0 Å². The van der Waals surface area contributed by atoms with Crippen molar-refractivity contribution >= 4 is 8.07 Å². The lowest BCUT2D eigenvalue weighted by molar-refractivity contribution is 0.126. The molecule has 0 bridgehead atoms. The first kappa shape index (κ1) is 17.0. The third kappa shape index (κ3) is 3.80. The molecule has 1 N–H and O–H groups in total. The topological polar surface area (TPSA) is 20.2 Å². The fourth-order valence-corrected chi connectivity index (χ4v) is 12.2. The maximum absolute atomic E-state index is 11.0. The van der Waals surface area contributed by atoms with E-state index in [-0.39, 0.29) is 6.10 Å². The molecule has 0 aromatic heterocycles. The van der Waals surface area contributed by atoms with Crippen LogP contribution in [0.4, 0.5) is 0 Å². The van der Waals surface area contributed by atoms with Crippen molar-refractivity contribution < 1.29 is 5.11 Å². The zero-order valence-electron chi connectivity index (χ0n) is 14.9. The van der Waals surface area contributed by atoms with Gasteiger partial charge in [0, 0.05) is 0 Å². The highest BCUT2D eigenvalue weighted by Gasteiger charge is 2.45. The molecule has 3 saturated carbocycles. The van der Waals surface area contributed by atoms with Gasteiger partial charge in [0.1, 0.15) is 0 Å². The number of aliphatic hydroxyl groups is 1. The summed E-state index contributed by atoms with van der Waals surface area (Å²) in [6, 6.07) is 1.24. The first-order chi connectivity index (χ1) is 10.7. The van der Waals surface area contributed by atoms with Gasteiger partial charge < -0.3 is 5.11 Å². The molecule has 3 rings (SSSR count). The van der Waals surface area contributed by atoms with Crippen LogP contribution in [0.5, 0.6) is 0 Å². The Morgan fingerprint density at radius 2 is 1.14 bits per heavy atom. The summed E-state index contributed by atoms with van der Waals surface area (Å²) in [4.78, 5) is 0. The van der Waals surface area contributed by atoms with Gasteiger partial charge in [-0.15, -0.1) is 0 Å². The SMILES string of the molecule is C[Si](C[C@@H](O)C1CCCC1)(C1CCCCC1)C1CCCCC1. The zero-order chi connectivity index (χ0) is 15.4. The van der Waals surface area contributed by atoms with Gasteiger partial charge in [0.25, 0.3) is 0 Å². The highest BCUT2D eigenvalue weighted by molar-refractivity contribution is 6.81. The van der Waals surface area contributed by atoms with Crippen LogP contribution in [0.2, 0.25) is 23.7 Å². The van der Waals surface area contributed by atoms with Gasteiger partial charge in [-0.3, -0.25) is 0 Å². The Morgan fingerprint density at radius 1 is 0.727 bits per heavy atom. The first-order valence-corrected chi connectivity index (χ1v) is 13.2. The Labute approximate surface area is 139 Å². The van der Waals surface area contributed by atoms with Crippen LogP contribution < -0.4 is 0 Å². The average Bonchev–Trinajstić information content (AvgIpc) is 3.11. The van der Waals surface area contributed by atoms with Gasteiger partial charge in [-0.05, 0) is 35.9 Å². The Morgan fingerprint density at radius 3 is 1.59 bits per heavy atom. The highest BCUT2D eigenvalue weighted by atomic mass is 28.3.